The Morgan fingerprint density at radius 1 is 1.67 bits per heavy atom. The third-order valence-electron chi connectivity index (χ3n) is 1.88. The molecule has 1 aromatic heterocycles. The smallest absolute Gasteiger partial charge is 0.276 e. The zero-order valence-electron chi connectivity index (χ0n) is 9.19. The van der Waals surface area contributed by atoms with Crippen molar-refractivity contribution in [2.75, 3.05) is 13.1 Å². The summed E-state index contributed by atoms with van der Waals surface area (Å²) in [6, 6.07) is 0. The Labute approximate surface area is 88.3 Å². The van der Waals surface area contributed by atoms with Crippen LogP contribution in [0.4, 0.5) is 0 Å². The monoisotopic (exact) mass is 212 g/mol. The second-order valence-electron chi connectivity index (χ2n) is 3.99. The molecule has 2 N–H and O–H groups in total. The number of aromatic amines is 1. The molecule has 0 unspecified atom stereocenters. The number of nitrogens with one attached hydrogen (secondary N) is 1. The van der Waals surface area contributed by atoms with Gasteiger partial charge < -0.3 is 10.0 Å². The van der Waals surface area contributed by atoms with Gasteiger partial charge >= 0.3 is 0 Å². The average molecular weight is 212 g/mol. The molecule has 0 fully saturated rings. The fourth-order valence-electron chi connectivity index (χ4n) is 1.26. The lowest BCUT2D eigenvalue weighted by molar-refractivity contribution is 0.0311. The van der Waals surface area contributed by atoms with E-state index >= 15 is 0 Å². The van der Waals surface area contributed by atoms with E-state index in [2.05, 4.69) is 15.4 Å². The maximum absolute atomic E-state index is 11.8. The number of rotatable bonds is 4. The number of aliphatic hydroxyl groups is 1. The summed E-state index contributed by atoms with van der Waals surface area (Å²) in [4.78, 5) is 13.3. The van der Waals surface area contributed by atoms with Crippen molar-refractivity contribution in [2.45, 2.75) is 26.4 Å². The first kappa shape index (κ1) is 11.6. The lowest BCUT2D eigenvalue weighted by atomic mass is 10.1. The molecule has 0 aliphatic heterocycles. The predicted molar refractivity (Wildman–Crippen MR) is 54.3 cm³/mol. The number of H-pyrrole nitrogens is 1. The minimum atomic E-state index is -0.907. The van der Waals surface area contributed by atoms with E-state index in [0.717, 1.165) is 0 Å². The van der Waals surface area contributed by atoms with Crippen LogP contribution in [0, 0.1) is 0 Å². The quantitative estimate of drug-likeness (QED) is 0.738. The Morgan fingerprint density at radius 2 is 2.33 bits per heavy atom. The molecule has 0 aliphatic rings. The fraction of sp³-hybridized carbons (Fsp3) is 0.667. The number of aromatic nitrogens is 3. The van der Waals surface area contributed by atoms with E-state index < -0.39 is 5.60 Å². The van der Waals surface area contributed by atoms with E-state index in [-0.39, 0.29) is 18.1 Å². The van der Waals surface area contributed by atoms with Crippen LogP contribution in [-0.2, 0) is 0 Å². The standard InChI is InChI=1S/C9H16N4O2/c1-4-13(6-9(2,3)15)8(14)7-5-10-12-11-7/h5,15H,4,6H2,1-3H3,(H,10,11,12). The van der Waals surface area contributed by atoms with E-state index in [4.69, 9.17) is 0 Å². The van der Waals surface area contributed by atoms with Crippen LogP contribution in [0.2, 0.25) is 0 Å². The number of carbonyl (C=O) groups excluding carboxylic acids is 1. The molecule has 6 nitrogen and oxygen atoms in total. The van der Waals surface area contributed by atoms with Crippen LogP contribution in [-0.4, -0.2) is 50.0 Å². The summed E-state index contributed by atoms with van der Waals surface area (Å²) in [5.74, 6) is -0.228. The van der Waals surface area contributed by atoms with Gasteiger partial charge in [-0.15, -0.1) is 0 Å². The predicted octanol–water partition coefficient (Wildman–Crippen LogP) is 0.0377. The van der Waals surface area contributed by atoms with Crippen molar-refractivity contribution in [3.05, 3.63) is 11.9 Å². The number of carbonyl (C=O) groups is 1. The van der Waals surface area contributed by atoms with Crippen molar-refractivity contribution >= 4 is 5.91 Å². The Balaban J connectivity index is 2.72. The molecule has 0 atom stereocenters. The van der Waals surface area contributed by atoms with Gasteiger partial charge in [0.25, 0.3) is 5.91 Å². The lowest BCUT2D eigenvalue weighted by Gasteiger charge is -2.27. The number of likely N-dealkylation sites (N-methyl/N-ethyl adjacent to an activating group) is 1. The van der Waals surface area contributed by atoms with E-state index in [1.54, 1.807) is 13.8 Å². The first-order chi connectivity index (χ1) is 6.94. The molecule has 84 valence electrons. The SMILES string of the molecule is CCN(CC(C)(C)O)C(=O)c1cn[nH]n1. The Bertz CT molecular complexity index is 315. The van der Waals surface area contributed by atoms with Crippen molar-refractivity contribution in [1.82, 2.24) is 20.3 Å². The first-order valence-electron chi connectivity index (χ1n) is 4.81. The minimum Gasteiger partial charge on any atom is -0.389 e. The third-order valence-corrected chi connectivity index (χ3v) is 1.88. The van der Waals surface area contributed by atoms with Gasteiger partial charge in [-0.05, 0) is 20.8 Å². The van der Waals surface area contributed by atoms with Gasteiger partial charge in [-0.3, -0.25) is 4.79 Å². The van der Waals surface area contributed by atoms with Gasteiger partial charge in [-0.25, -0.2) is 0 Å². The number of hydrogen-bond donors (Lipinski definition) is 2. The maximum atomic E-state index is 11.8. The molecule has 1 amide bonds. The summed E-state index contributed by atoms with van der Waals surface area (Å²) < 4.78 is 0. The zero-order valence-corrected chi connectivity index (χ0v) is 9.19. The molecule has 0 radical (unpaired) electrons. The largest absolute Gasteiger partial charge is 0.389 e. The van der Waals surface area contributed by atoms with Crippen molar-refractivity contribution in [3.63, 3.8) is 0 Å². The van der Waals surface area contributed by atoms with E-state index in [0.29, 0.717) is 6.54 Å². The zero-order chi connectivity index (χ0) is 11.5. The molecule has 0 aromatic carbocycles. The van der Waals surface area contributed by atoms with Crippen LogP contribution >= 0.6 is 0 Å². The van der Waals surface area contributed by atoms with Gasteiger partial charge in [0, 0.05) is 13.1 Å². The van der Waals surface area contributed by atoms with Gasteiger partial charge in [-0.1, -0.05) is 0 Å². The normalized spacial score (nSPS) is 11.5. The molecule has 1 aromatic rings. The van der Waals surface area contributed by atoms with Gasteiger partial charge in [0.1, 0.15) is 0 Å². The fourth-order valence-corrected chi connectivity index (χ4v) is 1.26. The molecule has 1 heterocycles. The van der Waals surface area contributed by atoms with Crippen molar-refractivity contribution in [1.29, 1.82) is 0 Å². The third kappa shape index (κ3) is 3.32. The molecular formula is C9H16N4O2. The molecule has 6 heteroatoms. The summed E-state index contributed by atoms with van der Waals surface area (Å²) >= 11 is 0. The summed E-state index contributed by atoms with van der Waals surface area (Å²) in [6.07, 6.45) is 1.37. The maximum Gasteiger partial charge on any atom is 0.276 e. The number of amides is 1. The lowest BCUT2D eigenvalue weighted by Crippen LogP contribution is -2.42. The highest BCUT2D eigenvalue weighted by Crippen LogP contribution is 2.07. The highest BCUT2D eigenvalue weighted by molar-refractivity contribution is 5.91. The van der Waals surface area contributed by atoms with Gasteiger partial charge in [0.15, 0.2) is 5.69 Å². The van der Waals surface area contributed by atoms with E-state index in [1.165, 1.54) is 11.1 Å². The highest BCUT2D eigenvalue weighted by Gasteiger charge is 2.23. The summed E-state index contributed by atoms with van der Waals surface area (Å²) in [6.45, 7) is 5.96. The number of nitrogens with zero attached hydrogens (tertiary/aromatic N) is 3. The molecule has 0 bridgehead atoms. The molecule has 0 aliphatic carbocycles. The topological polar surface area (TPSA) is 82.1 Å². The average Bonchev–Trinajstić information content (AvgIpc) is 2.64. The first-order valence-corrected chi connectivity index (χ1v) is 4.81. The molecule has 1 rings (SSSR count). The van der Waals surface area contributed by atoms with Crippen LogP contribution in [0.25, 0.3) is 0 Å². The summed E-state index contributed by atoms with van der Waals surface area (Å²) in [5.41, 5.74) is -0.642. The van der Waals surface area contributed by atoms with Crippen LogP contribution in [0.3, 0.4) is 0 Å². The van der Waals surface area contributed by atoms with Gasteiger partial charge in [0.05, 0.1) is 11.8 Å². The molecule has 0 saturated heterocycles. The van der Waals surface area contributed by atoms with Gasteiger partial charge in [0.2, 0.25) is 0 Å². The summed E-state index contributed by atoms with van der Waals surface area (Å²) in [5, 5.41) is 19.3. The Hall–Kier alpha value is -1.43. The molecule has 0 saturated carbocycles. The Morgan fingerprint density at radius 3 is 2.73 bits per heavy atom. The van der Waals surface area contributed by atoms with E-state index in [9.17, 15) is 9.90 Å². The van der Waals surface area contributed by atoms with Crippen LogP contribution < -0.4 is 0 Å². The van der Waals surface area contributed by atoms with Crippen molar-refractivity contribution in [2.24, 2.45) is 0 Å². The Kier molecular flexibility index (Phi) is 3.41. The van der Waals surface area contributed by atoms with Crippen molar-refractivity contribution in [3.8, 4) is 0 Å². The van der Waals surface area contributed by atoms with Crippen molar-refractivity contribution < 1.29 is 9.90 Å². The van der Waals surface area contributed by atoms with Crippen LogP contribution in [0.15, 0.2) is 6.20 Å². The second kappa shape index (κ2) is 4.39. The second-order valence-corrected chi connectivity index (χ2v) is 3.99. The summed E-state index contributed by atoms with van der Waals surface area (Å²) in [7, 11) is 0. The highest BCUT2D eigenvalue weighted by atomic mass is 16.3. The molecule has 15 heavy (non-hydrogen) atoms. The number of hydrogen-bond acceptors (Lipinski definition) is 4. The molecular weight excluding hydrogens is 196 g/mol. The minimum absolute atomic E-state index is 0.228. The van der Waals surface area contributed by atoms with Crippen LogP contribution in [0.5, 0.6) is 0 Å². The molecule has 0 spiro atoms. The van der Waals surface area contributed by atoms with Gasteiger partial charge in [-0.2, -0.15) is 15.4 Å². The van der Waals surface area contributed by atoms with E-state index in [1.807, 2.05) is 6.92 Å². The van der Waals surface area contributed by atoms with Crippen LogP contribution in [0.1, 0.15) is 31.3 Å².